The zero-order valence-corrected chi connectivity index (χ0v) is 33.3. The van der Waals surface area contributed by atoms with Crippen LogP contribution in [0.15, 0.2) is 0 Å². The summed E-state index contributed by atoms with van der Waals surface area (Å²) in [5.74, 6) is 0. The topological polar surface area (TPSA) is 102 Å². The summed E-state index contributed by atoms with van der Waals surface area (Å²) in [5.41, 5.74) is 0. The van der Waals surface area contributed by atoms with E-state index in [1.54, 1.807) is 49.8 Å². The summed E-state index contributed by atoms with van der Waals surface area (Å²) in [5, 5.41) is 0. The molecule has 11 nitrogen and oxygen atoms in total. The van der Waals surface area contributed by atoms with Gasteiger partial charge in [-0.15, -0.1) is 0 Å². The third-order valence-corrected chi connectivity index (χ3v) is 84.2. The zero-order chi connectivity index (χ0) is 22.3. The number of hydrogen-bond acceptors (Lipinski definition) is 11. The van der Waals surface area contributed by atoms with Crippen LogP contribution >= 0.6 is 0 Å². The van der Waals surface area contributed by atoms with E-state index in [0.29, 0.717) is 0 Å². The van der Waals surface area contributed by atoms with Crippen LogP contribution in [0.5, 0.6) is 0 Å². The van der Waals surface area contributed by atoms with Crippen LogP contribution < -0.4 is 0 Å². The van der Waals surface area contributed by atoms with E-state index in [2.05, 4.69) is 0 Å². The maximum absolute atomic E-state index is 6.36. The third kappa shape index (κ3) is 10.2. The molecule has 0 amide bonds. The van der Waals surface area contributed by atoms with E-state index >= 15 is 0 Å². The summed E-state index contributed by atoms with van der Waals surface area (Å²) in [6.07, 6.45) is 0. The second-order valence-corrected chi connectivity index (χ2v) is 56.9. The second-order valence-electron chi connectivity index (χ2n) is 6.15. The molecule has 0 aliphatic heterocycles. The van der Waals surface area contributed by atoms with E-state index < -0.39 is 98.1 Å². The quantitative estimate of drug-likeness (QED) is 0.223. The fourth-order valence-electron chi connectivity index (χ4n) is 1.99. The van der Waals surface area contributed by atoms with Crippen LogP contribution in [0, 0.1) is 0 Å². The fraction of sp³-hybridized carbons (Fsp3) is 1.00. The molecule has 16 heteroatoms. The molecule has 0 fully saturated rings. The van der Waals surface area contributed by atoms with Gasteiger partial charge in [-0.2, -0.15) is 0 Å². The van der Waals surface area contributed by atoms with E-state index in [1.807, 2.05) is 24.7 Å². The average Bonchev–Trinajstić information content (AvgIpc) is 2.67. The first-order valence-corrected chi connectivity index (χ1v) is 40.2. The van der Waals surface area contributed by atoms with Crippen molar-refractivity contribution < 1.29 is 27.2 Å². The Hall–Kier alpha value is 3.55. The first-order valence-electron chi connectivity index (χ1n) is 8.42. The summed E-state index contributed by atoms with van der Waals surface area (Å²) in [6.45, 7) is 0. The summed E-state index contributed by atoms with van der Waals surface area (Å²) in [7, 11) is 10.9. The van der Waals surface area contributed by atoms with Gasteiger partial charge in [0.2, 0.25) is 0 Å². The molecule has 0 spiro atoms. The first kappa shape index (κ1) is 31.6. The first-order chi connectivity index (χ1) is 12.8. The Morgan fingerprint density at radius 3 is 0.571 bits per heavy atom. The van der Waals surface area contributed by atoms with Gasteiger partial charge in [-0.3, -0.25) is 0 Å². The van der Waals surface area contributed by atoms with E-state index in [-0.39, 0.29) is 0 Å². The van der Waals surface area contributed by atoms with Crippen molar-refractivity contribution in [2.75, 3.05) is 49.8 Å². The van der Waals surface area contributed by atoms with Crippen LogP contribution in [0.25, 0.3) is 0 Å². The molecular formula is C12H36O11Sn5. The molecule has 2 unspecified atom stereocenters. The molecule has 0 aliphatic carbocycles. The van der Waals surface area contributed by atoms with Gasteiger partial charge in [0.05, 0.1) is 0 Å². The van der Waals surface area contributed by atoms with Gasteiger partial charge in [-0.05, 0) is 0 Å². The molecule has 0 radical (unpaired) electrons. The Kier molecular flexibility index (Phi) is 15.1. The molecule has 0 aromatic rings. The molecule has 0 saturated heterocycles. The standard InChI is InChI=1S/7CH3O.5CH3.4O.5Sn/c7*1-2;;;;;;;;;;;;;;/h7*1H3;5*1H3;;;;;;;;;/q7*-1;;;;;;;;;;3*+1;2*+2. The molecule has 170 valence electrons. The van der Waals surface area contributed by atoms with Crippen molar-refractivity contribution in [1.82, 2.24) is 0 Å². The number of hydrogen-bond donors (Lipinski definition) is 0. The predicted octanol–water partition coefficient (Wildman–Crippen LogP) is 1.42. The van der Waals surface area contributed by atoms with Gasteiger partial charge >= 0.3 is 200 Å². The van der Waals surface area contributed by atoms with E-state index in [4.69, 9.17) is 27.2 Å². The van der Waals surface area contributed by atoms with Gasteiger partial charge in [-0.25, -0.2) is 0 Å². The van der Waals surface area contributed by atoms with Gasteiger partial charge in [-0.1, -0.05) is 0 Å². The Bertz CT molecular complexity index is 431. The maximum atomic E-state index is 6.36. The SMILES string of the molecule is C[O][Sn]([CH3])([O]C)[O][Sn]([CH3])([O]C)[O][Sn]([CH3])([O]C)[O][Sn]([CH3])([O]C)[O][Sn]([CH3])([O]C)[O]C. The average molecular weight is 950 g/mol. The Morgan fingerprint density at radius 1 is 0.286 bits per heavy atom. The Balaban J connectivity index is 5.61. The van der Waals surface area contributed by atoms with Gasteiger partial charge in [0.1, 0.15) is 0 Å². The summed E-state index contributed by atoms with van der Waals surface area (Å²) in [4.78, 5) is 9.15. The molecule has 0 saturated carbocycles. The number of rotatable bonds is 15. The fourth-order valence-corrected chi connectivity index (χ4v) is 99.4. The van der Waals surface area contributed by atoms with Gasteiger partial charge in [0.25, 0.3) is 0 Å². The van der Waals surface area contributed by atoms with E-state index in [0.717, 1.165) is 0 Å². The normalized spacial score (nSPS) is 19.7. The van der Waals surface area contributed by atoms with Crippen LogP contribution in [0.1, 0.15) is 0 Å². The molecule has 0 rings (SSSR count). The predicted molar refractivity (Wildman–Crippen MR) is 111 cm³/mol. The second kappa shape index (κ2) is 13.4. The van der Waals surface area contributed by atoms with Crippen LogP contribution in [-0.2, 0) is 27.2 Å². The van der Waals surface area contributed by atoms with Crippen molar-refractivity contribution in [1.29, 1.82) is 0 Å². The van der Waals surface area contributed by atoms with E-state index in [1.165, 1.54) is 0 Å². The molecule has 28 heavy (non-hydrogen) atoms. The van der Waals surface area contributed by atoms with E-state index in [9.17, 15) is 0 Å². The van der Waals surface area contributed by atoms with Crippen LogP contribution in [0.4, 0.5) is 0 Å². The summed E-state index contributed by atoms with van der Waals surface area (Å²) in [6, 6.07) is 0. The monoisotopic (exact) mass is 956 g/mol. The minimum atomic E-state index is -4.14. The van der Waals surface area contributed by atoms with Crippen LogP contribution in [0.3, 0.4) is 0 Å². The van der Waals surface area contributed by atoms with Gasteiger partial charge in [0.15, 0.2) is 0 Å². The molecular weight excluding hydrogens is 914 g/mol. The van der Waals surface area contributed by atoms with Gasteiger partial charge < -0.3 is 0 Å². The minimum absolute atomic E-state index is 1.55. The molecule has 2 atom stereocenters. The van der Waals surface area contributed by atoms with Crippen LogP contribution in [0.2, 0.25) is 24.7 Å². The van der Waals surface area contributed by atoms with Crippen molar-refractivity contribution in [3.63, 3.8) is 0 Å². The molecule has 0 N–H and O–H groups in total. The van der Waals surface area contributed by atoms with Crippen molar-refractivity contribution in [2.45, 2.75) is 24.7 Å². The molecule has 0 heterocycles. The third-order valence-electron chi connectivity index (χ3n) is 4.08. The molecule has 0 aliphatic rings. The molecule has 0 aromatic carbocycles. The Labute approximate surface area is 196 Å². The summed E-state index contributed by atoms with van der Waals surface area (Å²) < 4.78 is 64.2. The summed E-state index contributed by atoms with van der Waals surface area (Å²) >= 11 is -19.6. The van der Waals surface area contributed by atoms with Crippen LogP contribution in [-0.4, -0.2) is 148 Å². The zero-order valence-electron chi connectivity index (χ0n) is 19.0. The van der Waals surface area contributed by atoms with Crippen molar-refractivity contribution in [3.8, 4) is 0 Å². The van der Waals surface area contributed by atoms with Crippen molar-refractivity contribution in [2.24, 2.45) is 0 Å². The molecule has 0 bridgehead atoms. The molecule has 0 aromatic heterocycles. The van der Waals surface area contributed by atoms with Crippen molar-refractivity contribution >= 4 is 98.1 Å². The van der Waals surface area contributed by atoms with Crippen molar-refractivity contribution in [3.05, 3.63) is 0 Å². The Morgan fingerprint density at radius 2 is 0.429 bits per heavy atom. The van der Waals surface area contributed by atoms with Gasteiger partial charge in [0, 0.05) is 0 Å².